The molecule has 0 aromatic carbocycles. The first kappa shape index (κ1) is 24.2. The van der Waals surface area contributed by atoms with Crippen molar-refractivity contribution < 1.29 is 71.4 Å². The third-order valence-electron chi connectivity index (χ3n) is 2.74. The molecule has 0 heterocycles. The molecule has 0 fully saturated rings. The van der Waals surface area contributed by atoms with Gasteiger partial charge in [-0.1, -0.05) is 0 Å². The van der Waals surface area contributed by atoms with Crippen molar-refractivity contribution >= 4 is 7.60 Å². The zero-order valence-corrected chi connectivity index (χ0v) is 12.0. The molecule has 0 aromatic rings. The van der Waals surface area contributed by atoms with Crippen molar-refractivity contribution in [2.75, 3.05) is 6.67 Å². The van der Waals surface area contributed by atoms with E-state index in [9.17, 15) is 61.6 Å². The summed E-state index contributed by atoms with van der Waals surface area (Å²) in [4.78, 5) is 16.0. The lowest BCUT2D eigenvalue weighted by Crippen LogP contribution is -2.68. The Morgan fingerprint density at radius 1 is 0.640 bits per heavy atom. The summed E-state index contributed by atoms with van der Waals surface area (Å²) in [6.45, 7) is -3.70. The Balaban J connectivity index is 6.15. The van der Waals surface area contributed by atoms with E-state index in [2.05, 4.69) is 0 Å². The summed E-state index contributed by atoms with van der Waals surface area (Å²) < 4.78 is 176. The molecule has 3 nitrogen and oxygen atoms in total. The summed E-state index contributed by atoms with van der Waals surface area (Å²) in [5.74, 6) is -36.6. The van der Waals surface area contributed by atoms with Crippen LogP contribution in [-0.2, 0) is 4.57 Å². The van der Waals surface area contributed by atoms with Gasteiger partial charge < -0.3 is 9.79 Å². The van der Waals surface area contributed by atoms with E-state index in [1.165, 1.54) is 0 Å². The Morgan fingerprint density at radius 2 is 0.960 bits per heavy atom. The van der Waals surface area contributed by atoms with Gasteiger partial charge in [-0.15, -0.1) is 0 Å². The maximum atomic E-state index is 13.0. The third-order valence-corrected chi connectivity index (χ3v) is 3.75. The van der Waals surface area contributed by atoms with E-state index in [1.54, 1.807) is 0 Å². The summed E-state index contributed by atoms with van der Waals surface area (Å²) >= 11 is 0. The summed E-state index contributed by atoms with van der Waals surface area (Å²) in [5, 5.41) is 0. The first-order chi connectivity index (χ1) is 10.5. The molecule has 2 N–H and O–H groups in total. The molecule has 0 spiro atoms. The van der Waals surface area contributed by atoms with Crippen molar-refractivity contribution in [3.8, 4) is 0 Å². The van der Waals surface area contributed by atoms with Gasteiger partial charge in [0.05, 0.1) is 6.42 Å². The molecule has 0 atom stereocenters. The van der Waals surface area contributed by atoms with Gasteiger partial charge in [0.15, 0.2) is 6.67 Å². The standard InChI is InChI=1S/C8H6F13O3P/c9-2-4(12,13)7(18,19)8(20,21)6(16,17)3(10,11)1-5(14,15)25(22,23)24/h1-2H2,(H2,22,23,24). The Bertz CT molecular complexity index is 539. The maximum Gasteiger partial charge on any atom is 0.394 e. The lowest BCUT2D eigenvalue weighted by Gasteiger charge is -2.39. The molecule has 17 heteroatoms. The molecule has 0 aromatic heterocycles. The van der Waals surface area contributed by atoms with E-state index in [1.807, 2.05) is 0 Å². The van der Waals surface area contributed by atoms with Gasteiger partial charge in [0.1, 0.15) is 0 Å². The lowest BCUT2D eigenvalue weighted by molar-refractivity contribution is -0.405. The molecule has 0 rings (SSSR count). The molecule has 0 aliphatic rings. The van der Waals surface area contributed by atoms with Crippen LogP contribution in [0.3, 0.4) is 0 Å². The Labute approximate surface area is 128 Å². The highest BCUT2D eigenvalue weighted by atomic mass is 31.2. The highest BCUT2D eigenvalue weighted by Gasteiger charge is 2.87. The number of halogens is 13. The molecule has 0 unspecified atom stereocenters. The number of rotatable bonds is 8. The van der Waals surface area contributed by atoms with Gasteiger partial charge in [0, 0.05) is 0 Å². The van der Waals surface area contributed by atoms with Crippen LogP contribution in [0.25, 0.3) is 0 Å². The molecule has 0 radical (unpaired) electrons. The summed E-state index contributed by atoms with van der Waals surface area (Å²) in [6.07, 6.45) is -4.09. The minimum Gasteiger partial charge on any atom is -0.320 e. The largest absolute Gasteiger partial charge is 0.394 e. The zero-order chi connectivity index (χ0) is 20.9. The van der Waals surface area contributed by atoms with Gasteiger partial charge in [0.2, 0.25) is 0 Å². The smallest absolute Gasteiger partial charge is 0.320 e. The fraction of sp³-hybridized carbons (Fsp3) is 1.00. The van der Waals surface area contributed by atoms with Crippen molar-refractivity contribution in [2.24, 2.45) is 0 Å². The van der Waals surface area contributed by atoms with Crippen LogP contribution < -0.4 is 0 Å². The van der Waals surface area contributed by atoms with Gasteiger partial charge in [-0.25, -0.2) is 4.39 Å². The molecule has 0 aliphatic carbocycles. The van der Waals surface area contributed by atoms with Crippen molar-refractivity contribution in [3.63, 3.8) is 0 Å². The Kier molecular flexibility index (Phi) is 5.96. The molecule has 0 saturated heterocycles. The van der Waals surface area contributed by atoms with Crippen molar-refractivity contribution in [2.45, 2.75) is 41.7 Å². The molecule has 0 bridgehead atoms. The van der Waals surface area contributed by atoms with Crippen molar-refractivity contribution in [1.29, 1.82) is 0 Å². The summed E-state index contributed by atoms with van der Waals surface area (Å²) in [7, 11) is -6.95. The van der Waals surface area contributed by atoms with Crippen LogP contribution in [0, 0.1) is 0 Å². The highest BCUT2D eigenvalue weighted by Crippen LogP contribution is 2.62. The first-order valence-electron chi connectivity index (χ1n) is 5.40. The van der Waals surface area contributed by atoms with Gasteiger partial charge in [0.25, 0.3) is 0 Å². The number of alkyl halides is 13. The minimum absolute atomic E-state index is 3.70. The number of hydrogen-bond donors (Lipinski definition) is 2. The molecular formula is C8H6F13O3P. The normalized spacial score (nSPS) is 16.3. The predicted molar refractivity (Wildman–Crippen MR) is 52.3 cm³/mol. The highest BCUT2D eigenvalue weighted by molar-refractivity contribution is 7.53. The molecule has 0 aliphatic heterocycles. The average molecular weight is 428 g/mol. The summed E-state index contributed by atoms with van der Waals surface area (Å²) in [6, 6.07) is 0. The van der Waals surface area contributed by atoms with Crippen LogP contribution in [-0.4, -0.2) is 51.7 Å². The van der Waals surface area contributed by atoms with E-state index in [-0.39, 0.29) is 0 Å². The number of hydrogen-bond acceptors (Lipinski definition) is 1. The van der Waals surface area contributed by atoms with Gasteiger partial charge in [-0.2, -0.15) is 52.7 Å². The van der Waals surface area contributed by atoms with E-state index in [0.29, 0.717) is 0 Å². The Morgan fingerprint density at radius 3 is 1.24 bits per heavy atom. The second kappa shape index (κ2) is 6.15. The second-order valence-corrected chi connectivity index (χ2v) is 6.39. The van der Waals surface area contributed by atoms with Crippen molar-refractivity contribution in [1.82, 2.24) is 0 Å². The van der Waals surface area contributed by atoms with Crippen LogP contribution in [0.5, 0.6) is 0 Å². The van der Waals surface area contributed by atoms with Crippen LogP contribution in [0.4, 0.5) is 57.1 Å². The maximum absolute atomic E-state index is 13.0. The fourth-order valence-corrected chi connectivity index (χ4v) is 1.63. The van der Waals surface area contributed by atoms with Gasteiger partial charge >= 0.3 is 42.9 Å². The monoisotopic (exact) mass is 428 g/mol. The zero-order valence-electron chi connectivity index (χ0n) is 11.1. The van der Waals surface area contributed by atoms with E-state index in [4.69, 9.17) is 9.79 Å². The Hall–Kier alpha value is -0.760. The first-order valence-corrected chi connectivity index (χ1v) is 7.01. The third kappa shape index (κ3) is 3.70. The quantitative estimate of drug-likeness (QED) is 0.448. The SMILES string of the molecule is O=P(O)(O)C(F)(F)CC(F)(F)C(F)(F)C(F)(F)C(F)(F)C(F)(F)CF. The van der Waals surface area contributed by atoms with E-state index in [0.717, 1.165) is 0 Å². The molecule has 0 saturated carbocycles. The van der Waals surface area contributed by atoms with Crippen LogP contribution in [0.2, 0.25) is 0 Å². The van der Waals surface area contributed by atoms with Gasteiger partial charge in [-0.05, 0) is 0 Å². The summed E-state index contributed by atoms with van der Waals surface area (Å²) in [5.41, 5.74) is -6.10. The van der Waals surface area contributed by atoms with Crippen LogP contribution in [0.15, 0.2) is 0 Å². The lowest BCUT2D eigenvalue weighted by atomic mass is 9.93. The molecule has 0 amide bonds. The van der Waals surface area contributed by atoms with Crippen LogP contribution in [0.1, 0.15) is 6.42 Å². The topological polar surface area (TPSA) is 57.5 Å². The minimum atomic E-state index is -7.79. The van der Waals surface area contributed by atoms with E-state index >= 15 is 0 Å². The average Bonchev–Trinajstić information content (AvgIpc) is 2.35. The van der Waals surface area contributed by atoms with Gasteiger partial charge in [-0.3, -0.25) is 4.57 Å². The molecule has 25 heavy (non-hydrogen) atoms. The predicted octanol–water partition coefficient (Wildman–Crippen LogP) is 4.29. The fourth-order valence-electron chi connectivity index (χ4n) is 1.22. The van der Waals surface area contributed by atoms with Crippen LogP contribution >= 0.6 is 7.60 Å². The van der Waals surface area contributed by atoms with E-state index < -0.39 is 56.0 Å². The molecule has 152 valence electrons. The second-order valence-electron chi connectivity index (χ2n) is 4.65. The molecular weight excluding hydrogens is 422 g/mol. The van der Waals surface area contributed by atoms with Crippen molar-refractivity contribution in [3.05, 3.63) is 0 Å².